The lowest BCUT2D eigenvalue weighted by atomic mass is 10.3. The Balaban J connectivity index is 2.03. The number of aliphatic hydroxyl groups is 1. The molecular formula is C13H18N2O3S2. The lowest BCUT2D eigenvalue weighted by molar-refractivity contribution is 0.350. The second kappa shape index (κ2) is 6.70. The molecule has 1 fully saturated rings. The highest BCUT2D eigenvalue weighted by Gasteiger charge is 2.29. The standard InChI is InChI=1S/C13H18N2O3S2/c1-14(20(17,18)15-6-2-3-7-15)10-13-9-12(11-19-13)5-4-8-16/h9,11,16H,2-3,6-8,10H2,1H3. The zero-order chi connectivity index (χ0) is 14.6. The van der Waals surface area contributed by atoms with E-state index < -0.39 is 10.2 Å². The first-order valence-electron chi connectivity index (χ1n) is 6.42. The van der Waals surface area contributed by atoms with Crippen LogP contribution in [0.25, 0.3) is 0 Å². The lowest BCUT2D eigenvalue weighted by Crippen LogP contribution is -2.39. The van der Waals surface area contributed by atoms with Crippen LogP contribution in [0, 0.1) is 11.8 Å². The van der Waals surface area contributed by atoms with E-state index in [9.17, 15) is 8.42 Å². The number of hydrogen-bond donors (Lipinski definition) is 1. The van der Waals surface area contributed by atoms with E-state index in [4.69, 9.17) is 5.11 Å². The van der Waals surface area contributed by atoms with Gasteiger partial charge >= 0.3 is 0 Å². The number of hydrogen-bond acceptors (Lipinski definition) is 4. The van der Waals surface area contributed by atoms with Crippen LogP contribution in [0.15, 0.2) is 11.4 Å². The summed E-state index contributed by atoms with van der Waals surface area (Å²) in [6.45, 7) is 1.41. The van der Waals surface area contributed by atoms with Gasteiger partial charge < -0.3 is 5.11 Å². The van der Waals surface area contributed by atoms with Crippen molar-refractivity contribution in [3.8, 4) is 11.8 Å². The topological polar surface area (TPSA) is 60.9 Å². The van der Waals surface area contributed by atoms with E-state index >= 15 is 0 Å². The molecule has 0 unspecified atom stereocenters. The first kappa shape index (κ1) is 15.5. The Morgan fingerprint density at radius 1 is 1.45 bits per heavy atom. The highest BCUT2D eigenvalue weighted by molar-refractivity contribution is 7.86. The van der Waals surface area contributed by atoms with Gasteiger partial charge in [0.1, 0.15) is 6.61 Å². The monoisotopic (exact) mass is 314 g/mol. The van der Waals surface area contributed by atoms with Crippen molar-refractivity contribution in [2.24, 2.45) is 0 Å². The van der Waals surface area contributed by atoms with E-state index in [-0.39, 0.29) is 6.61 Å². The molecule has 110 valence electrons. The Kier molecular flexibility index (Phi) is 5.18. The fourth-order valence-electron chi connectivity index (χ4n) is 2.09. The summed E-state index contributed by atoms with van der Waals surface area (Å²) in [5.41, 5.74) is 0.811. The average Bonchev–Trinajstić information content (AvgIpc) is 3.07. The molecule has 0 saturated carbocycles. The molecule has 1 aliphatic heterocycles. The summed E-state index contributed by atoms with van der Waals surface area (Å²) in [5.74, 6) is 5.39. The lowest BCUT2D eigenvalue weighted by Gasteiger charge is -2.23. The molecule has 1 aromatic heterocycles. The Morgan fingerprint density at radius 2 is 2.15 bits per heavy atom. The Bertz CT molecular complexity index is 607. The molecule has 0 bridgehead atoms. The van der Waals surface area contributed by atoms with Crippen LogP contribution in [0.1, 0.15) is 23.3 Å². The number of nitrogens with zero attached hydrogens (tertiary/aromatic N) is 2. The smallest absolute Gasteiger partial charge is 0.282 e. The summed E-state index contributed by atoms with van der Waals surface area (Å²) in [4.78, 5) is 0.942. The molecule has 0 aliphatic carbocycles. The SMILES string of the molecule is CN(Cc1cc(C#CCO)cs1)S(=O)(=O)N1CCCC1. The molecule has 1 aromatic rings. The van der Waals surface area contributed by atoms with Crippen LogP contribution in [0.4, 0.5) is 0 Å². The summed E-state index contributed by atoms with van der Waals surface area (Å²) >= 11 is 1.48. The summed E-state index contributed by atoms with van der Waals surface area (Å²) in [6, 6.07) is 1.86. The van der Waals surface area contributed by atoms with Gasteiger partial charge in [0.05, 0.1) is 0 Å². The first-order chi connectivity index (χ1) is 9.54. The highest BCUT2D eigenvalue weighted by atomic mass is 32.2. The van der Waals surface area contributed by atoms with Gasteiger partial charge in [0.25, 0.3) is 10.2 Å². The number of thiophene rings is 1. The second-order valence-corrected chi connectivity index (χ2v) is 7.66. The molecule has 0 radical (unpaired) electrons. The predicted octanol–water partition coefficient (Wildman–Crippen LogP) is 0.864. The molecule has 1 N–H and O–H groups in total. The quantitative estimate of drug-likeness (QED) is 0.839. The fourth-order valence-corrected chi connectivity index (χ4v) is 4.45. The molecule has 0 spiro atoms. The molecule has 1 saturated heterocycles. The van der Waals surface area contributed by atoms with Crippen molar-refractivity contribution in [1.82, 2.24) is 8.61 Å². The van der Waals surface area contributed by atoms with Gasteiger partial charge in [0.15, 0.2) is 0 Å². The predicted molar refractivity (Wildman–Crippen MR) is 79.5 cm³/mol. The van der Waals surface area contributed by atoms with Crippen molar-refractivity contribution in [3.05, 3.63) is 21.9 Å². The van der Waals surface area contributed by atoms with Crippen LogP contribution >= 0.6 is 11.3 Å². The number of rotatable bonds is 4. The summed E-state index contributed by atoms with van der Waals surface area (Å²) in [6.07, 6.45) is 1.87. The van der Waals surface area contributed by atoms with Crippen molar-refractivity contribution >= 4 is 21.5 Å². The Hall–Kier alpha value is -0.910. The molecule has 0 aromatic carbocycles. The van der Waals surface area contributed by atoms with Crippen molar-refractivity contribution < 1.29 is 13.5 Å². The molecular weight excluding hydrogens is 296 g/mol. The van der Waals surface area contributed by atoms with E-state index in [2.05, 4.69) is 11.8 Å². The van der Waals surface area contributed by atoms with Gasteiger partial charge in [-0.3, -0.25) is 0 Å². The van der Waals surface area contributed by atoms with Crippen LogP contribution < -0.4 is 0 Å². The number of aliphatic hydroxyl groups excluding tert-OH is 1. The molecule has 20 heavy (non-hydrogen) atoms. The maximum Gasteiger partial charge on any atom is 0.282 e. The van der Waals surface area contributed by atoms with Crippen LogP contribution in [0.5, 0.6) is 0 Å². The summed E-state index contributed by atoms with van der Waals surface area (Å²) in [7, 11) is -1.74. The molecule has 0 amide bonds. The van der Waals surface area contributed by atoms with Gasteiger partial charge in [-0.2, -0.15) is 17.0 Å². The van der Waals surface area contributed by atoms with Gasteiger partial charge in [0.2, 0.25) is 0 Å². The van der Waals surface area contributed by atoms with E-state index in [0.717, 1.165) is 23.3 Å². The molecule has 7 heteroatoms. The van der Waals surface area contributed by atoms with E-state index in [1.54, 1.807) is 7.05 Å². The normalized spacial score (nSPS) is 16.4. The van der Waals surface area contributed by atoms with E-state index in [1.807, 2.05) is 11.4 Å². The van der Waals surface area contributed by atoms with Gasteiger partial charge in [-0.05, 0) is 18.9 Å². The van der Waals surface area contributed by atoms with Gasteiger partial charge in [-0.25, -0.2) is 0 Å². The zero-order valence-electron chi connectivity index (χ0n) is 11.4. The molecule has 5 nitrogen and oxygen atoms in total. The van der Waals surface area contributed by atoms with Gasteiger partial charge in [-0.15, -0.1) is 11.3 Å². The third kappa shape index (κ3) is 3.59. The van der Waals surface area contributed by atoms with Gasteiger partial charge in [0, 0.05) is 42.5 Å². The summed E-state index contributed by atoms with van der Waals surface area (Å²) in [5, 5.41) is 10.5. The minimum absolute atomic E-state index is 0.172. The first-order valence-corrected chi connectivity index (χ1v) is 8.70. The maximum absolute atomic E-state index is 12.3. The molecule has 2 heterocycles. The third-order valence-electron chi connectivity index (χ3n) is 3.13. The average molecular weight is 314 g/mol. The van der Waals surface area contributed by atoms with Crippen LogP contribution in [-0.4, -0.2) is 48.9 Å². The maximum atomic E-state index is 12.3. The Morgan fingerprint density at radius 3 is 2.80 bits per heavy atom. The third-order valence-corrected chi connectivity index (χ3v) is 5.99. The second-order valence-electron chi connectivity index (χ2n) is 4.63. The van der Waals surface area contributed by atoms with Crippen LogP contribution in [0.2, 0.25) is 0 Å². The van der Waals surface area contributed by atoms with Crippen molar-refractivity contribution in [3.63, 3.8) is 0 Å². The molecule has 2 rings (SSSR count). The minimum Gasteiger partial charge on any atom is -0.384 e. The minimum atomic E-state index is -3.35. The van der Waals surface area contributed by atoms with E-state index in [0.29, 0.717) is 19.6 Å². The largest absolute Gasteiger partial charge is 0.384 e. The Labute approximate surface area is 124 Å². The van der Waals surface area contributed by atoms with Crippen molar-refractivity contribution in [2.45, 2.75) is 19.4 Å². The zero-order valence-corrected chi connectivity index (χ0v) is 13.0. The van der Waals surface area contributed by atoms with Gasteiger partial charge in [-0.1, -0.05) is 11.8 Å². The summed E-state index contributed by atoms with van der Waals surface area (Å²) < 4.78 is 27.5. The molecule has 1 aliphatic rings. The van der Waals surface area contributed by atoms with E-state index in [1.165, 1.54) is 19.9 Å². The van der Waals surface area contributed by atoms with Crippen molar-refractivity contribution in [2.75, 3.05) is 26.7 Å². The highest BCUT2D eigenvalue weighted by Crippen LogP contribution is 2.20. The van der Waals surface area contributed by atoms with Crippen molar-refractivity contribution in [1.29, 1.82) is 0 Å². The fraction of sp³-hybridized carbons (Fsp3) is 0.538. The molecule has 0 atom stereocenters. The van der Waals surface area contributed by atoms with Crippen LogP contribution in [0.3, 0.4) is 0 Å². The van der Waals surface area contributed by atoms with Crippen LogP contribution in [-0.2, 0) is 16.8 Å².